The van der Waals surface area contributed by atoms with Crippen molar-refractivity contribution in [3.8, 4) is 5.75 Å². The number of aliphatic imine (C=N–C) groups is 1. The summed E-state index contributed by atoms with van der Waals surface area (Å²) >= 11 is 0. The molecule has 7 heteroatoms. The molecule has 2 aromatic rings. The summed E-state index contributed by atoms with van der Waals surface area (Å²) in [6.07, 6.45) is 2.80. The highest BCUT2D eigenvalue weighted by atomic mass is 16.5. The van der Waals surface area contributed by atoms with Crippen molar-refractivity contribution in [1.82, 2.24) is 9.80 Å². The molecule has 2 aromatic carbocycles. The van der Waals surface area contributed by atoms with Crippen molar-refractivity contribution in [1.29, 1.82) is 0 Å². The number of methoxy groups -OCH3 is 1. The summed E-state index contributed by atoms with van der Waals surface area (Å²) < 4.78 is 5.29. The van der Waals surface area contributed by atoms with E-state index in [2.05, 4.69) is 14.8 Å². The predicted molar refractivity (Wildman–Crippen MR) is 121 cm³/mol. The van der Waals surface area contributed by atoms with Gasteiger partial charge in [-0.05, 0) is 42.3 Å². The van der Waals surface area contributed by atoms with Crippen molar-refractivity contribution < 1.29 is 9.53 Å². The first-order valence-corrected chi connectivity index (χ1v) is 10.4. The quantitative estimate of drug-likeness (QED) is 0.587. The molecule has 0 aliphatic carbocycles. The number of nitrogens with zero attached hydrogens (tertiary/aromatic N) is 4. The van der Waals surface area contributed by atoms with E-state index in [-0.39, 0.29) is 5.91 Å². The molecule has 0 saturated carbocycles. The van der Waals surface area contributed by atoms with Crippen LogP contribution >= 0.6 is 0 Å². The Hall–Kier alpha value is -2.90. The number of hydrogen-bond donors (Lipinski definition) is 1. The van der Waals surface area contributed by atoms with Gasteiger partial charge in [-0.3, -0.25) is 19.6 Å². The summed E-state index contributed by atoms with van der Waals surface area (Å²) in [7, 11) is 1.67. The molecule has 158 valence electrons. The van der Waals surface area contributed by atoms with Crippen LogP contribution in [0.3, 0.4) is 0 Å². The summed E-state index contributed by atoms with van der Waals surface area (Å²) in [5.74, 6) is 1.02. The maximum absolute atomic E-state index is 12.9. The average Bonchev–Trinajstić information content (AvgIpc) is 3.19. The largest absolute Gasteiger partial charge is 0.497 e. The van der Waals surface area contributed by atoms with Crippen molar-refractivity contribution in [2.45, 2.75) is 6.42 Å². The number of carbonyl (C=O) groups is 1. The van der Waals surface area contributed by atoms with Crippen LogP contribution in [0.25, 0.3) is 0 Å². The van der Waals surface area contributed by atoms with Crippen LogP contribution in [-0.2, 0) is 11.2 Å². The number of amides is 1. The average molecular weight is 408 g/mol. The third kappa shape index (κ3) is 4.63. The monoisotopic (exact) mass is 407 g/mol. The van der Waals surface area contributed by atoms with Crippen LogP contribution in [0.5, 0.6) is 5.75 Å². The number of benzene rings is 2. The molecule has 1 saturated heterocycles. The highest BCUT2D eigenvalue weighted by molar-refractivity contribution is 5.96. The van der Waals surface area contributed by atoms with E-state index in [9.17, 15) is 4.79 Å². The second-order valence-electron chi connectivity index (χ2n) is 7.74. The normalized spacial score (nSPS) is 17.4. The van der Waals surface area contributed by atoms with E-state index in [4.69, 9.17) is 10.5 Å². The Morgan fingerprint density at radius 1 is 1.10 bits per heavy atom. The number of piperazine rings is 1. The van der Waals surface area contributed by atoms with Gasteiger partial charge in [-0.25, -0.2) is 0 Å². The fraction of sp³-hybridized carbons (Fsp3) is 0.391. The van der Waals surface area contributed by atoms with Gasteiger partial charge in [0.15, 0.2) is 0 Å². The van der Waals surface area contributed by atoms with E-state index in [1.54, 1.807) is 7.11 Å². The minimum Gasteiger partial charge on any atom is -0.497 e. The minimum atomic E-state index is 0.175. The van der Waals surface area contributed by atoms with Crippen LogP contribution in [0.4, 0.5) is 17.1 Å². The first kappa shape index (κ1) is 20.4. The minimum absolute atomic E-state index is 0.175. The zero-order valence-corrected chi connectivity index (χ0v) is 17.5. The van der Waals surface area contributed by atoms with Gasteiger partial charge >= 0.3 is 0 Å². The molecule has 0 unspecified atom stereocenters. The summed E-state index contributed by atoms with van der Waals surface area (Å²) in [4.78, 5) is 23.9. The Kier molecular flexibility index (Phi) is 6.30. The summed E-state index contributed by atoms with van der Waals surface area (Å²) in [6.45, 7) is 5.63. The molecular formula is C23H29N5O2. The lowest BCUT2D eigenvalue weighted by Crippen LogP contribution is -2.50. The summed E-state index contributed by atoms with van der Waals surface area (Å²) in [5.41, 5.74) is 9.64. The molecule has 1 fully saturated rings. The van der Waals surface area contributed by atoms with Crippen molar-refractivity contribution in [2.75, 3.05) is 63.6 Å². The molecule has 1 amide bonds. The maximum atomic E-state index is 12.9. The van der Waals surface area contributed by atoms with Crippen molar-refractivity contribution in [3.05, 3.63) is 48.0 Å². The second kappa shape index (κ2) is 9.28. The molecule has 0 bridgehead atoms. The molecular weight excluding hydrogens is 378 g/mol. The molecule has 0 atom stereocenters. The first-order valence-electron chi connectivity index (χ1n) is 10.4. The van der Waals surface area contributed by atoms with Gasteiger partial charge in [-0.15, -0.1) is 0 Å². The molecule has 2 aliphatic rings. The fourth-order valence-corrected chi connectivity index (χ4v) is 4.03. The van der Waals surface area contributed by atoms with Gasteiger partial charge in [0.25, 0.3) is 0 Å². The SMILES string of the molecule is COc1ccc2c(c1)CCN2C(=O)CN1CCN(CC=Nc2ccccc2N)CC1. The Morgan fingerprint density at radius 3 is 2.63 bits per heavy atom. The van der Waals surface area contributed by atoms with E-state index in [0.29, 0.717) is 12.2 Å². The van der Waals surface area contributed by atoms with Gasteiger partial charge in [0, 0.05) is 51.2 Å². The number of anilines is 2. The van der Waals surface area contributed by atoms with Crippen molar-refractivity contribution in [3.63, 3.8) is 0 Å². The molecule has 30 heavy (non-hydrogen) atoms. The molecule has 2 N–H and O–H groups in total. The lowest BCUT2D eigenvalue weighted by Gasteiger charge is -2.34. The molecule has 0 aromatic heterocycles. The van der Waals surface area contributed by atoms with Crippen LogP contribution in [0.15, 0.2) is 47.5 Å². The van der Waals surface area contributed by atoms with E-state index < -0.39 is 0 Å². The van der Waals surface area contributed by atoms with Gasteiger partial charge in [0.2, 0.25) is 5.91 Å². The second-order valence-corrected chi connectivity index (χ2v) is 7.74. The van der Waals surface area contributed by atoms with Gasteiger partial charge in [-0.2, -0.15) is 0 Å². The van der Waals surface area contributed by atoms with E-state index >= 15 is 0 Å². The maximum Gasteiger partial charge on any atom is 0.241 e. The zero-order chi connectivity index (χ0) is 20.9. The summed E-state index contributed by atoms with van der Waals surface area (Å²) in [5, 5.41) is 0. The van der Waals surface area contributed by atoms with Gasteiger partial charge < -0.3 is 15.4 Å². The molecule has 0 radical (unpaired) electrons. The molecule has 7 nitrogen and oxygen atoms in total. The standard InChI is InChI=1S/C23H29N5O2/c1-30-19-6-7-22-18(16-19)8-10-28(22)23(29)17-27-14-12-26(13-15-27)11-9-25-21-5-3-2-4-20(21)24/h2-7,9,16H,8,10-15,17,24H2,1H3. The molecule has 2 aliphatic heterocycles. The Morgan fingerprint density at radius 2 is 1.87 bits per heavy atom. The van der Waals surface area contributed by atoms with E-state index in [1.807, 2.05) is 53.6 Å². The number of carbonyl (C=O) groups excluding carboxylic acids is 1. The lowest BCUT2D eigenvalue weighted by atomic mass is 10.1. The zero-order valence-electron chi connectivity index (χ0n) is 17.5. The van der Waals surface area contributed by atoms with Crippen LogP contribution in [0, 0.1) is 0 Å². The van der Waals surface area contributed by atoms with Gasteiger partial charge in [-0.1, -0.05) is 12.1 Å². The first-order chi connectivity index (χ1) is 14.6. The number of rotatable bonds is 6. The van der Waals surface area contributed by atoms with Crippen molar-refractivity contribution >= 4 is 29.2 Å². The van der Waals surface area contributed by atoms with Crippen LogP contribution in [0.1, 0.15) is 5.56 Å². The number of para-hydroxylation sites is 2. The third-order valence-electron chi connectivity index (χ3n) is 5.81. The number of nitrogen functional groups attached to an aromatic ring is 1. The summed E-state index contributed by atoms with van der Waals surface area (Å²) in [6, 6.07) is 13.6. The number of fused-ring (bicyclic) bond motifs is 1. The highest BCUT2D eigenvalue weighted by Crippen LogP contribution is 2.31. The van der Waals surface area contributed by atoms with E-state index in [1.165, 1.54) is 5.56 Å². The molecule has 0 spiro atoms. The fourth-order valence-electron chi connectivity index (χ4n) is 4.03. The van der Waals surface area contributed by atoms with E-state index in [0.717, 1.165) is 62.8 Å². The molecule has 2 heterocycles. The van der Waals surface area contributed by atoms with Gasteiger partial charge in [0.05, 0.1) is 25.0 Å². The van der Waals surface area contributed by atoms with Crippen molar-refractivity contribution in [2.24, 2.45) is 4.99 Å². The number of nitrogens with two attached hydrogens (primary N) is 1. The topological polar surface area (TPSA) is 74.4 Å². The molecule has 4 rings (SSSR count). The third-order valence-corrected chi connectivity index (χ3v) is 5.81. The van der Waals surface area contributed by atoms with Gasteiger partial charge in [0.1, 0.15) is 5.75 Å². The number of hydrogen-bond acceptors (Lipinski definition) is 6. The Bertz CT molecular complexity index is 922. The number of ether oxygens (including phenoxy) is 1. The highest BCUT2D eigenvalue weighted by Gasteiger charge is 2.27. The van der Waals surface area contributed by atoms with Crippen LogP contribution in [-0.4, -0.2) is 74.8 Å². The predicted octanol–water partition coefficient (Wildman–Crippen LogP) is 2.19. The smallest absolute Gasteiger partial charge is 0.241 e. The lowest BCUT2D eigenvalue weighted by molar-refractivity contribution is -0.120. The Balaban J connectivity index is 1.25. The van der Waals surface area contributed by atoms with Crippen LogP contribution in [0.2, 0.25) is 0 Å². The van der Waals surface area contributed by atoms with Crippen LogP contribution < -0.4 is 15.4 Å². The Labute approximate surface area is 177 Å².